The van der Waals surface area contributed by atoms with Gasteiger partial charge in [0.1, 0.15) is 5.84 Å². The molecule has 0 unspecified atom stereocenters. The Labute approximate surface area is 125 Å². The molecule has 0 amide bonds. The van der Waals surface area contributed by atoms with E-state index in [2.05, 4.69) is 42.4 Å². The summed E-state index contributed by atoms with van der Waals surface area (Å²) in [5.74, 6) is 1.04. The average molecular weight is 288 g/mol. The van der Waals surface area contributed by atoms with E-state index in [-0.39, 0.29) is 12.4 Å². The predicted octanol–water partition coefficient (Wildman–Crippen LogP) is 4.33. The third-order valence-electron chi connectivity index (χ3n) is 3.40. The SMILES string of the molecule is CC(C)c1ccc2c(c1)C(N)=Nc1ccccc1N2.Cl. The minimum atomic E-state index is 0. The molecule has 1 aliphatic heterocycles. The highest BCUT2D eigenvalue weighted by atomic mass is 35.5. The van der Waals surface area contributed by atoms with E-state index < -0.39 is 0 Å². The Hall–Kier alpha value is -2.00. The van der Waals surface area contributed by atoms with Crippen molar-refractivity contribution in [1.82, 2.24) is 0 Å². The second-order valence-electron chi connectivity index (χ2n) is 5.10. The first kappa shape index (κ1) is 14.4. The molecule has 2 aromatic rings. The first-order valence-electron chi connectivity index (χ1n) is 6.49. The van der Waals surface area contributed by atoms with E-state index in [0.29, 0.717) is 11.8 Å². The standard InChI is InChI=1S/C16H17N3.ClH/c1-10(2)11-7-8-13-12(9-11)16(17)19-15-6-4-3-5-14(15)18-13;/h3-10,18H,1-2H3,(H2,17,19);1H. The van der Waals surface area contributed by atoms with Crippen LogP contribution < -0.4 is 11.1 Å². The molecule has 20 heavy (non-hydrogen) atoms. The first-order chi connectivity index (χ1) is 9.15. The molecular formula is C16H18ClN3. The van der Waals surface area contributed by atoms with E-state index in [1.54, 1.807) is 0 Å². The summed E-state index contributed by atoms with van der Waals surface area (Å²) in [5.41, 5.74) is 11.3. The number of hydrogen-bond donors (Lipinski definition) is 2. The molecule has 0 aliphatic carbocycles. The minimum absolute atomic E-state index is 0. The highest BCUT2D eigenvalue weighted by Gasteiger charge is 2.15. The third-order valence-corrected chi connectivity index (χ3v) is 3.40. The van der Waals surface area contributed by atoms with Gasteiger partial charge in [-0.25, -0.2) is 4.99 Å². The van der Waals surface area contributed by atoms with Crippen molar-refractivity contribution in [2.75, 3.05) is 5.32 Å². The van der Waals surface area contributed by atoms with E-state index in [9.17, 15) is 0 Å². The van der Waals surface area contributed by atoms with Crippen LogP contribution in [-0.2, 0) is 0 Å². The van der Waals surface area contributed by atoms with Gasteiger partial charge in [0.05, 0.1) is 11.4 Å². The zero-order chi connectivity index (χ0) is 13.4. The number of anilines is 2. The monoisotopic (exact) mass is 287 g/mol. The van der Waals surface area contributed by atoms with Gasteiger partial charge in [-0.2, -0.15) is 0 Å². The fourth-order valence-electron chi connectivity index (χ4n) is 2.25. The van der Waals surface area contributed by atoms with Gasteiger partial charge in [0.25, 0.3) is 0 Å². The Morgan fingerprint density at radius 1 is 1.05 bits per heavy atom. The molecule has 0 saturated heterocycles. The summed E-state index contributed by atoms with van der Waals surface area (Å²) in [5, 5.41) is 3.40. The molecule has 104 valence electrons. The van der Waals surface area contributed by atoms with Crippen molar-refractivity contribution in [3.05, 3.63) is 53.6 Å². The minimum Gasteiger partial charge on any atom is -0.383 e. The Morgan fingerprint density at radius 2 is 1.80 bits per heavy atom. The van der Waals surface area contributed by atoms with Gasteiger partial charge in [-0.05, 0) is 35.7 Å². The number of aliphatic imine (C=N–C) groups is 1. The molecule has 1 aliphatic rings. The maximum Gasteiger partial charge on any atom is 0.133 e. The molecule has 0 spiro atoms. The molecule has 3 rings (SSSR count). The van der Waals surface area contributed by atoms with Gasteiger partial charge in [-0.15, -0.1) is 12.4 Å². The second kappa shape index (κ2) is 5.55. The number of halogens is 1. The topological polar surface area (TPSA) is 50.4 Å². The van der Waals surface area contributed by atoms with Crippen LogP contribution in [0.3, 0.4) is 0 Å². The summed E-state index contributed by atoms with van der Waals surface area (Å²) in [6, 6.07) is 14.3. The van der Waals surface area contributed by atoms with Gasteiger partial charge in [-0.3, -0.25) is 0 Å². The van der Waals surface area contributed by atoms with Gasteiger partial charge in [0, 0.05) is 11.3 Å². The molecule has 0 aromatic heterocycles. The molecule has 0 atom stereocenters. The molecular weight excluding hydrogens is 270 g/mol. The number of para-hydroxylation sites is 2. The molecule has 2 aromatic carbocycles. The van der Waals surface area contributed by atoms with Gasteiger partial charge in [0.15, 0.2) is 0 Å². The lowest BCUT2D eigenvalue weighted by Gasteiger charge is -2.12. The highest BCUT2D eigenvalue weighted by Crippen LogP contribution is 2.34. The van der Waals surface area contributed by atoms with Crippen LogP contribution in [0.2, 0.25) is 0 Å². The summed E-state index contributed by atoms with van der Waals surface area (Å²) < 4.78 is 0. The zero-order valence-electron chi connectivity index (χ0n) is 11.6. The Bertz CT molecular complexity index is 663. The highest BCUT2D eigenvalue weighted by molar-refractivity contribution is 6.06. The van der Waals surface area contributed by atoms with Crippen LogP contribution >= 0.6 is 12.4 Å². The summed E-state index contributed by atoms with van der Waals surface area (Å²) >= 11 is 0. The second-order valence-corrected chi connectivity index (χ2v) is 5.10. The molecule has 0 fully saturated rings. The molecule has 0 radical (unpaired) electrons. The first-order valence-corrected chi connectivity index (χ1v) is 6.49. The lowest BCUT2D eigenvalue weighted by Crippen LogP contribution is -2.14. The van der Waals surface area contributed by atoms with Crippen molar-refractivity contribution in [3.63, 3.8) is 0 Å². The zero-order valence-corrected chi connectivity index (χ0v) is 12.4. The number of nitrogens with one attached hydrogen (secondary N) is 1. The predicted molar refractivity (Wildman–Crippen MR) is 87.9 cm³/mol. The third kappa shape index (κ3) is 2.49. The smallest absolute Gasteiger partial charge is 0.133 e. The van der Waals surface area contributed by atoms with E-state index in [4.69, 9.17) is 5.73 Å². The van der Waals surface area contributed by atoms with Crippen LogP contribution in [0.25, 0.3) is 0 Å². The number of fused-ring (bicyclic) bond motifs is 2. The average Bonchev–Trinajstić information content (AvgIpc) is 2.54. The number of nitrogens with zero attached hydrogens (tertiary/aromatic N) is 1. The van der Waals surface area contributed by atoms with Crippen molar-refractivity contribution in [1.29, 1.82) is 0 Å². The fourth-order valence-corrected chi connectivity index (χ4v) is 2.25. The Morgan fingerprint density at radius 3 is 2.55 bits per heavy atom. The quantitative estimate of drug-likeness (QED) is 0.820. The van der Waals surface area contributed by atoms with Gasteiger partial charge < -0.3 is 11.1 Å². The summed E-state index contributed by atoms with van der Waals surface area (Å²) in [6.45, 7) is 4.35. The van der Waals surface area contributed by atoms with Crippen molar-refractivity contribution < 1.29 is 0 Å². The maximum absolute atomic E-state index is 6.14. The number of hydrogen-bond acceptors (Lipinski definition) is 3. The van der Waals surface area contributed by atoms with Crippen LogP contribution in [0.1, 0.15) is 30.9 Å². The lowest BCUT2D eigenvalue weighted by atomic mass is 9.99. The van der Waals surface area contributed by atoms with Crippen LogP contribution in [0.15, 0.2) is 47.5 Å². The Kier molecular flexibility index (Phi) is 4.00. The molecule has 4 heteroatoms. The number of amidine groups is 1. The van der Waals surface area contributed by atoms with E-state index in [1.165, 1.54) is 5.56 Å². The van der Waals surface area contributed by atoms with Gasteiger partial charge in [-0.1, -0.05) is 32.0 Å². The van der Waals surface area contributed by atoms with Crippen molar-refractivity contribution >= 4 is 35.3 Å². The fraction of sp³-hybridized carbons (Fsp3) is 0.188. The normalized spacial score (nSPS) is 12.4. The van der Waals surface area contributed by atoms with Gasteiger partial charge >= 0.3 is 0 Å². The van der Waals surface area contributed by atoms with Crippen LogP contribution in [0.5, 0.6) is 0 Å². The molecule has 3 N–H and O–H groups in total. The molecule has 3 nitrogen and oxygen atoms in total. The van der Waals surface area contributed by atoms with Crippen LogP contribution in [-0.4, -0.2) is 5.84 Å². The summed E-state index contributed by atoms with van der Waals surface area (Å²) in [7, 11) is 0. The van der Waals surface area contributed by atoms with Crippen LogP contribution in [0.4, 0.5) is 17.1 Å². The number of nitrogens with two attached hydrogens (primary N) is 1. The van der Waals surface area contributed by atoms with Crippen molar-refractivity contribution in [2.45, 2.75) is 19.8 Å². The van der Waals surface area contributed by atoms with Gasteiger partial charge in [0.2, 0.25) is 0 Å². The summed E-state index contributed by atoms with van der Waals surface area (Å²) in [6.07, 6.45) is 0. The summed E-state index contributed by atoms with van der Waals surface area (Å²) in [4.78, 5) is 4.51. The molecule has 0 saturated carbocycles. The number of benzene rings is 2. The van der Waals surface area contributed by atoms with E-state index in [1.807, 2.05) is 24.3 Å². The number of rotatable bonds is 1. The van der Waals surface area contributed by atoms with E-state index >= 15 is 0 Å². The van der Waals surface area contributed by atoms with E-state index in [0.717, 1.165) is 22.6 Å². The lowest BCUT2D eigenvalue weighted by molar-refractivity contribution is 0.866. The maximum atomic E-state index is 6.14. The largest absolute Gasteiger partial charge is 0.383 e. The van der Waals surface area contributed by atoms with Crippen LogP contribution in [0, 0.1) is 0 Å². The van der Waals surface area contributed by atoms with Crippen molar-refractivity contribution in [3.8, 4) is 0 Å². The molecule has 1 heterocycles. The molecule has 0 bridgehead atoms. The Balaban J connectivity index is 0.00000147. The van der Waals surface area contributed by atoms with Crippen molar-refractivity contribution in [2.24, 2.45) is 10.7 Å².